The number of phenolic OH excluding ortho intramolecular Hbond substituents is 1. The summed E-state index contributed by atoms with van der Waals surface area (Å²) >= 11 is 11.8. The molecule has 22 heavy (non-hydrogen) atoms. The summed E-state index contributed by atoms with van der Waals surface area (Å²) in [6.07, 6.45) is 0. The van der Waals surface area contributed by atoms with Crippen LogP contribution >= 0.6 is 23.2 Å². The minimum atomic E-state index is -0.415. The molecule has 0 unspecified atom stereocenters. The Balaban J connectivity index is 1.94. The van der Waals surface area contributed by atoms with Gasteiger partial charge in [-0.15, -0.1) is 0 Å². The Bertz CT molecular complexity index is 878. The summed E-state index contributed by atoms with van der Waals surface area (Å²) in [6.45, 7) is 0. The van der Waals surface area contributed by atoms with E-state index in [1.54, 1.807) is 30.3 Å². The number of carbonyl (C=O) groups excluding carboxylic acids is 1. The summed E-state index contributed by atoms with van der Waals surface area (Å²) in [6, 6.07) is 15.5. The van der Waals surface area contributed by atoms with Crippen LogP contribution in [0.1, 0.15) is 10.4 Å². The van der Waals surface area contributed by atoms with E-state index in [0.29, 0.717) is 15.7 Å². The molecule has 0 heterocycles. The highest BCUT2D eigenvalue weighted by Crippen LogP contribution is 2.28. The molecule has 2 N–H and O–H groups in total. The maximum absolute atomic E-state index is 12.3. The molecule has 0 saturated carbocycles. The topological polar surface area (TPSA) is 49.3 Å². The molecule has 0 atom stereocenters. The number of halogens is 2. The Morgan fingerprint density at radius 2 is 1.59 bits per heavy atom. The Morgan fingerprint density at radius 1 is 0.909 bits per heavy atom. The summed E-state index contributed by atoms with van der Waals surface area (Å²) in [7, 11) is 0. The van der Waals surface area contributed by atoms with E-state index >= 15 is 0 Å². The summed E-state index contributed by atoms with van der Waals surface area (Å²) < 4.78 is 0. The van der Waals surface area contributed by atoms with Crippen molar-refractivity contribution in [1.29, 1.82) is 0 Å². The number of amides is 1. The molecule has 5 heteroatoms. The van der Waals surface area contributed by atoms with Gasteiger partial charge in [-0.3, -0.25) is 4.79 Å². The molecule has 0 radical (unpaired) electrons. The van der Waals surface area contributed by atoms with Gasteiger partial charge in [0.2, 0.25) is 0 Å². The van der Waals surface area contributed by atoms with Gasteiger partial charge in [0.15, 0.2) is 0 Å². The van der Waals surface area contributed by atoms with Crippen molar-refractivity contribution in [3.63, 3.8) is 0 Å². The normalized spacial score (nSPS) is 10.6. The van der Waals surface area contributed by atoms with Gasteiger partial charge in [0.25, 0.3) is 5.91 Å². The van der Waals surface area contributed by atoms with Crippen molar-refractivity contribution < 1.29 is 9.90 Å². The standard InChI is InChI=1S/C17H11Cl2NO2/c18-14-6-5-12(9-15(14)19)20-17(22)13-7-10-3-1-2-4-11(10)8-16(13)21/h1-9,21H,(H,20,22). The molecule has 3 nitrogen and oxygen atoms in total. The Labute approximate surface area is 137 Å². The number of nitrogens with one attached hydrogen (secondary N) is 1. The molecule has 1 amide bonds. The Kier molecular flexibility index (Phi) is 3.92. The fourth-order valence-corrected chi connectivity index (χ4v) is 2.48. The van der Waals surface area contributed by atoms with Crippen molar-refractivity contribution in [3.05, 3.63) is 70.2 Å². The van der Waals surface area contributed by atoms with Gasteiger partial charge < -0.3 is 10.4 Å². The molecule has 0 aliphatic heterocycles. The van der Waals surface area contributed by atoms with Gasteiger partial charge >= 0.3 is 0 Å². The molecular weight excluding hydrogens is 321 g/mol. The van der Waals surface area contributed by atoms with E-state index in [9.17, 15) is 9.90 Å². The van der Waals surface area contributed by atoms with E-state index < -0.39 is 5.91 Å². The van der Waals surface area contributed by atoms with Gasteiger partial charge in [-0.25, -0.2) is 0 Å². The van der Waals surface area contributed by atoms with Crippen LogP contribution in [0.3, 0.4) is 0 Å². The molecule has 0 aromatic heterocycles. The van der Waals surface area contributed by atoms with Gasteiger partial charge in [-0.05, 0) is 41.1 Å². The van der Waals surface area contributed by atoms with Crippen molar-refractivity contribution in [2.24, 2.45) is 0 Å². The number of anilines is 1. The molecule has 0 saturated heterocycles. The lowest BCUT2D eigenvalue weighted by molar-refractivity contribution is 0.102. The second-order valence-electron chi connectivity index (χ2n) is 4.80. The van der Waals surface area contributed by atoms with Crippen LogP contribution < -0.4 is 5.32 Å². The number of hydrogen-bond donors (Lipinski definition) is 2. The summed E-state index contributed by atoms with van der Waals surface area (Å²) in [5.41, 5.74) is 0.705. The minimum absolute atomic E-state index is 0.0729. The number of aromatic hydroxyl groups is 1. The number of rotatable bonds is 2. The Morgan fingerprint density at radius 3 is 2.27 bits per heavy atom. The van der Waals surface area contributed by atoms with E-state index in [0.717, 1.165) is 10.8 Å². The largest absolute Gasteiger partial charge is 0.507 e. The molecule has 3 rings (SSSR count). The van der Waals surface area contributed by atoms with E-state index in [4.69, 9.17) is 23.2 Å². The summed E-state index contributed by atoms with van der Waals surface area (Å²) in [5.74, 6) is -0.488. The van der Waals surface area contributed by atoms with E-state index in [1.165, 1.54) is 0 Å². The minimum Gasteiger partial charge on any atom is -0.507 e. The second-order valence-corrected chi connectivity index (χ2v) is 5.61. The lowest BCUT2D eigenvalue weighted by Gasteiger charge is -2.09. The maximum Gasteiger partial charge on any atom is 0.259 e. The molecule has 0 aliphatic carbocycles. The number of benzene rings is 3. The highest BCUT2D eigenvalue weighted by molar-refractivity contribution is 6.42. The Hall–Kier alpha value is -2.23. The highest BCUT2D eigenvalue weighted by Gasteiger charge is 2.13. The van der Waals surface area contributed by atoms with Crippen LogP contribution in [-0.4, -0.2) is 11.0 Å². The lowest BCUT2D eigenvalue weighted by atomic mass is 10.1. The van der Waals surface area contributed by atoms with Crippen LogP contribution in [0, 0.1) is 0 Å². The average molecular weight is 332 g/mol. The summed E-state index contributed by atoms with van der Waals surface area (Å²) in [5, 5.41) is 15.2. The van der Waals surface area contributed by atoms with Gasteiger partial charge in [-0.2, -0.15) is 0 Å². The SMILES string of the molecule is O=C(Nc1ccc(Cl)c(Cl)c1)c1cc2ccccc2cc1O. The lowest BCUT2D eigenvalue weighted by Crippen LogP contribution is -2.12. The fourth-order valence-electron chi connectivity index (χ4n) is 2.18. The first kappa shape index (κ1) is 14.7. The van der Waals surface area contributed by atoms with Crippen LogP contribution in [0.5, 0.6) is 5.75 Å². The molecule has 0 aliphatic rings. The van der Waals surface area contributed by atoms with Crippen molar-refractivity contribution in [1.82, 2.24) is 0 Å². The zero-order valence-electron chi connectivity index (χ0n) is 11.3. The first-order valence-corrected chi connectivity index (χ1v) is 7.28. The number of phenols is 1. The smallest absolute Gasteiger partial charge is 0.259 e. The maximum atomic E-state index is 12.3. The zero-order chi connectivity index (χ0) is 15.7. The third-order valence-corrected chi connectivity index (χ3v) is 4.03. The van der Waals surface area contributed by atoms with Gasteiger partial charge in [-0.1, -0.05) is 47.5 Å². The summed E-state index contributed by atoms with van der Waals surface area (Å²) in [4.78, 5) is 12.3. The number of carbonyl (C=O) groups is 1. The van der Waals surface area contributed by atoms with Gasteiger partial charge in [0, 0.05) is 5.69 Å². The van der Waals surface area contributed by atoms with Crippen molar-refractivity contribution >= 4 is 45.6 Å². The van der Waals surface area contributed by atoms with Gasteiger partial charge in [0.1, 0.15) is 5.75 Å². The van der Waals surface area contributed by atoms with Crippen molar-refractivity contribution in [2.45, 2.75) is 0 Å². The average Bonchev–Trinajstić information content (AvgIpc) is 2.50. The van der Waals surface area contributed by atoms with Crippen molar-refractivity contribution in [3.8, 4) is 5.75 Å². The van der Waals surface area contributed by atoms with Crippen LogP contribution in [0.15, 0.2) is 54.6 Å². The zero-order valence-corrected chi connectivity index (χ0v) is 12.8. The molecule has 0 spiro atoms. The molecule has 0 bridgehead atoms. The van der Waals surface area contributed by atoms with Crippen LogP contribution in [0.2, 0.25) is 10.0 Å². The predicted molar refractivity (Wildman–Crippen MR) is 90.0 cm³/mol. The molecule has 110 valence electrons. The first-order chi connectivity index (χ1) is 10.5. The van der Waals surface area contributed by atoms with Crippen LogP contribution in [0.25, 0.3) is 10.8 Å². The molecular formula is C17H11Cl2NO2. The third-order valence-electron chi connectivity index (χ3n) is 3.29. The van der Waals surface area contributed by atoms with Crippen LogP contribution in [-0.2, 0) is 0 Å². The molecule has 3 aromatic rings. The predicted octanol–water partition coefficient (Wildman–Crippen LogP) is 5.10. The monoisotopic (exact) mass is 331 g/mol. The second kappa shape index (κ2) is 5.87. The number of hydrogen-bond acceptors (Lipinski definition) is 2. The van der Waals surface area contributed by atoms with E-state index in [-0.39, 0.29) is 11.3 Å². The fraction of sp³-hybridized carbons (Fsp3) is 0. The van der Waals surface area contributed by atoms with Crippen LogP contribution in [0.4, 0.5) is 5.69 Å². The molecule has 3 aromatic carbocycles. The van der Waals surface area contributed by atoms with Crippen molar-refractivity contribution in [2.75, 3.05) is 5.32 Å². The number of fused-ring (bicyclic) bond motifs is 1. The van der Waals surface area contributed by atoms with E-state index in [2.05, 4.69) is 5.32 Å². The quantitative estimate of drug-likeness (QED) is 0.685. The highest BCUT2D eigenvalue weighted by atomic mass is 35.5. The first-order valence-electron chi connectivity index (χ1n) is 6.53. The van der Waals surface area contributed by atoms with E-state index in [1.807, 2.05) is 24.3 Å². The molecule has 0 fully saturated rings. The third kappa shape index (κ3) is 2.86. The van der Waals surface area contributed by atoms with Gasteiger partial charge in [0.05, 0.1) is 15.6 Å².